The van der Waals surface area contributed by atoms with E-state index in [1.165, 1.54) is 18.2 Å². The lowest BCUT2D eigenvalue weighted by Gasteiger charge is -2.11. The molecule has 2 N–H and O–H groups in total. The van der Waals surface area contributed by atoms with E-state index in [0.29, 0.717) is 11.3 Å². The number of alkyl halides is 3. The van der Waals surface area contributed by atoms with E-state index in [1.54, 1.807) is 0 Å². The Bertz CT molecular complexity index is 591. The van der Waals surface area contributed by atoms with Crippen LogP contribution in [-0.2, 0) is 12.6 Å². The number of halogens is 5. The Morgan fingerprint density at radius 2 is 2.05 bits per heavy atom. The highest BCUT2D eigenvalue weighted by molar-refractivity contribution is 7.11. The van der Waals surface area contributed by atoms with Crippen molar-refractivity contribution in [2.24, 2.45) is 5.73 Å². The van der Waals surface area contributed by atoms with Crippen LogP contribution in [0.3, 0.4) is 0 Å². The van der Waals surface area contributed by atoms with Crippen LogP contribution in [0.5, 0.6) is 0 Å². The average Bonchev–Trinajstić information content (AvgIpc) is 2.83. The summed E-state index contributed by atoms with van der Waals surface area (Å²) in [5.74, 6) is -0.534. The Kier molecular flexibility index (Phi) is 4.31. The number of nitrogens with zero attached hydrogens (tertiary/aromatic N) is 1. The van der Waals surface area contributed by atoms with Crippen LogP contribution in [0.4, 0.5) is 17.6 Å². The van der Waals surface area contributed by atoms with Crippen LogP contribution in [0.15, 0.2) is 24.4 Å². The van der Waals surface area contributed by atoms with Crippen LogP contribution in [0.25, 0.3) is 0 Å². The van der Waals surface area contributed by atoms with E-state index < -0.39 is 23.0 Å². The Morgan fingerprint density at radius 3 is 2.60 bits per heavy atom. The third-order valence-corrected chi connectivity index (χ3v) is 4.15. The normalized spacial score (nSPS) is 13.5. The molecule has 0 amide bonds. The van der Waals surface area contributed by atoms with E-state index in [-0.39, 0.29) is 21.9 Å². The lowest BCUT2D eigenvalue weighted by Crippen LogP contribution is -2.13. The van der Waals surface area contributed by atoms with Crippen LogP contribution < -0.4 is 5.73 Å². The summed E-state index contributed by atoms with van der Waals surface area (Å²) in [6.45, 7) is 0. The van der Waals surface area contributed by atoms with Gasteiger partial charge in [0.05, 0.1) is 0 Å². The zero-order valence-electron chi connectivity index (χ0n) is 9.92. The molecule has 0 fully saturated rings. The summed E-state index contributed by atoms with van der Waals surface area (Å²) in [4.78, 5) is 3.51. The van der Waals surface area contributed by atoms with Gasteiger partial charge in [-0.1, -0.05) is 17.7 Å². The maximum absolute atomic E-state index is 13.6. The Labute approximate surface area is 121 Å². The minimum Gasteiger partial charge on any atom is -0.323 e. The minimum absolute atomic E-state index is 0.00496. The van der Waals surface area contributed by atoms with Gasteiger partial charge in [0, 0.05) is 27.7 Å². The van der Waals surface area contributed by atoms with Crippen molar-refractivity contribution in [3.8, 4) is 0 Å². The summed E-state index contributed by atoms with van der Waals surface area (Å²) < 4.78 is 50.9. The van der Waals surface area contributed by atoms with Gasteiger partial charge in [-0.15, -0.1) is 11.3 Å². The smallest absolute Gasteiger partial charge is 0.323 e. The molecule has 1 unspecified atom stereocenters. The molecular formula is C12H9ClF4N2S. The number of aromatic nitrogens is 1. The highest BCUT2D eigenvalue weighted by atomic mass is 35.5. The number of benzene rings is 1. The Morgan fingerprint density at radius 1 is 1.35 bits per heavy atom. The molecule has 1 aromatic heterocycles. The molecule has 0 aliphatic heterocycles. The fourth-order valence-corrected chi connectivity index (χ4v) is 2.66. The fraction of sp³-hybridized carbons (Fsp3) is 0.250. The van der Waals surface area contributed by atoms with Crippen LogP contribution in [0.1, 0.15) is 21.5 Å². The lowest BCUT2D eigenvalue weighted by molar-refractivity contribution is -0.137. The van der Waals surface area contributed by atoms with Gasteiger partial charge in [0.2, 0.25) is 0 Å². The molecule has 0 aliphatic carbocycles. The first kappa shape index (κ1) is 15.2. The Balaban J connectivity index is 2.20. The second-order valence-electron chi connectivity index (χ2n) is 4.08. The van der Waals surface area contributed by atoms with Crippen molar-refractivity contribution in [3.63, 3.8) is 0 Å². The summed E-state index contributed by atoms with van der Waals surface area (Å²) in [5.41, 5.74) is 5.98. The molecule has 1 aromatic carbocycles. The van der Waals surface area contributed by atoms with Gasteiger partial charge in [0.15, 0.2) is 5.01 Å². The van der Waals surface area contributed by atoms with Gasteiger partial charge in [0.1, 0.15) is 5.82 Å². The third kappa shape index (κ3) is 3.28. The summed E-state index contributed by atoms with van der Waals surface area (Å²) >= 11 is 6.30. The quantitative estimate of drug-likeness (QED) is 0.859. The van der Waals surface area contributed by atoms with Gasteiger partial charge in [-0.3, -0.25) is 0 Å². The SMILES string of the molecule is NC(Cc1c(F)cccc1Cl)c1cnc(C(F)(F)F)s1. The van der Waals surface area contributed by atoms with E-state index in [1.807, 2.05) is 0 Å². The van der Waals surface area contributed by atoms with Gasteiger partial charge in [0.25, 0.3) is 0 Å². The van der Waals surface area contributed by atoms with Crippen LogP contribution in [0, 0.1) is 5.82 Å². The van der Waals surface area contributed by atoms with Crippen molar-refractivity contribution < 1.29 is 17.6 Å². The van der Waals surface area contributed by atoms with Gasteiger partial charge in [-0.25, -0.2) is 9.37 Å². The maximum Gasteiger partial charge on any atom is 0.443 e. The standard InChI is InChI=1S/C12H9ClF4N2S/c13-7-2-1-3-8(14)6(7)4-9(18)10-5-19-11(20-10)12(15,16)17/h1-3,5,9H,4,18H2. The number of nitrogens with two attached hydrogens (primary N) is 1. The van der Waals surface area contributed by atoms with E-state index in [9.17, 15) is 17.6 Å². The van der Waals surface area contributed by atoms with Gasteiger partial charge in [-0.05, 0) is 18.6 Å². The van der Waals surface area contributed by atoms with Crippen LogP contribution in [0.2, 0.25) is 5.02 Å². The van der Waals surface area contributed by atoms with E-state index in [0.717, 1.165) is 6.20 Å². The molecule has 0 aliphatic rings. The van der Waals surface area contributed by atoms with Crippen molar-refractivity contribution in [1.82, 2.24) is 4.98 Å². The van der Waals surface area contributed by atoms with E-state index in [2.05, 4.69) is 4.98 Å². The number of hydrogen-bond acceptors (Lipinski definition) is 3. The fourth-order valence-electron chi connectivity index (χ4n) is 1.64. The molecule has 108 valence electrons. The summed E-state index contributed by atoms with van der Waals surface area (Å²) in [7, 11) is 0. The van der Waals surface area contributed by atoms with Crippen molar-refractivity contribution in [1.29, 1.82) is 0 Å². The molecular weight excluding hydrogens is 316 g/mol. The molecule has 2 aromatic rings. The largest absolute Gasteiger partial charge is 0.443 e. The molecule has 0 saturated heterocycles. The molecule has 0 radical (unpaired) electrons. The number of thiazole rings is 1. The zero-order chi connectivity index (χ0) is 14.9. The molecule has 0 bridgehead atoms. The number of rotatable bonds is 3. The minimum atomic E-state index is -4.50. The van der Waals surface area contributed by atoms with Crippen molar-refractivity contribution >= 4 is 22.9 Å². The molecule has 0 saturated carbocycles. The van der Waals surface area contributed by atoms with Crippen LogP contribution in [-0.4, -0.2) is 4.98 Å². The molecule has 2 rings (SSSR count). The predicted molar refractivity (Wildman–Crippen MR) is 69.2 cm³/mol. The molecule has 1 atom stereocenters. The van der Waals surface area contributed by atoms with E-state index >= 15 is 0 Å². The van der Waals surface area contributed by atoms with Crippen molar-refractivity contribution in [3.05, 3.63) is 50.7 Å². The van der Waals surface area contributed by atoms with Gasteiger partial charge in [-0.2, -0.15) is 13.2 Å². The van der Waals surface area contributed by atoms with E-state index in [4.69, 9.17) is 17.3 Å². The topological polar surface area (TPSA) is 38.9 Å². The van der Waals surface area contributed by atoms with Gasteiger partial charge >= 0.3 is 6.18 Å². The summed E-state index contributed by atoms with van der Waals surface area (Å²) in [5, 5.41) is -0.774. The molecule has 8 heteroatoms. The summed E-state index contributed by atoms with van der Waals surface area (Å²) in [6, 6.07) is 3.38. The predicted octanol–water partition coefficient (Wildman–Crippen LogP) is 4.20. The first-order chi connectivity index (χ1) is 9.29. The monoisotopic (exact) mass is 324 g/mol. The summed E-state index contributed by atoms with van der Waals surface area (Å²) in [6.07, 6.45) is -3.43. The third-order valence-electron chi connectivity index (χ3n) is 2.62. The first-order valence-electron chi connectivity index (χ1n) is 5.50. The zero-order valence-corrected chi connectivity index (χ0v) is 11.5. The average molecular weight is 325 g/mol. The first-order valence-corrected chi connectivity index (χ1v) is 6.70. The van der Waals surface area contributed by atoms with Crippen molar-refractivity contribution in [2.75, 3.05) is 0 Å². The second kappa shape index (κ2) is 5.67. The maximum atomic E-state index is 13.6. The molecule has 20 heavy (non-hydrogen) atoms. The van der Waals surface area contributed by atoms with Crippen molar-refractivity contribution in [2.45, 2.75) is 18.6 Å². The lowest BCUT2D eigenvalue weighted by atomic mass is 10.1. The number of hydrogen-bond donors (Lipinski definition) is 1. The molecule has 0 spiro atoms. The molecule has 1 heterocycles. The highest BCUT2D eigenvalue weighted by Gasteiger charge is 2.35. The molecule has 2 nitrogen and oxygen atoms in total. The highest BCUT2D eigenvalue weighted by Crippen LogP contribution is 2.35. The second-order valence-corrected chi connectivity index (χ2v) is 5.55. The van der Waals surface area contributed by atoms with Gasteiger partial charge < -0.3 is 5.73 Å². The van der Waals surface area contributed by atoms with Crippen LogP contribution >= 0.6 is 22.9 Å². The Hall–Kier alpha value is -1.18.